The Kier molecular flexibility index (Phi) is 1.71. The maximum atomic E-state index is 8.37. The predicted octanol–water partition coefficient (Wildman–Crippen LogP) is 0.618. The lowest BCUT2D eigenvalue weighted by atomic mass is 10.4. The summed E-state index contributed by atoms with van der Waals surface area (Å²) in [6, 6.07) is 0. The molecule has 0 saturated heterocycles. The number of hydrogen-bond donors (Lipinski definition) is 1. The summed E-state index contributed by atoms with van der Waals surface area (Å²) < 4.78 is 1.79. The Balaban J connectivity index is 3.05. The molecule has 0 bridgehead atoms. The first-order valence-electron chi connectivity index (χ1n) is 2.92. The van der Waals surface area contributed by atoms with E-state index in [1.54, 1.807) is 23.9 Å². The molecule has 0 spiro atoms. The molecular weight excluding hydrogens is 130 g/mol. The first-order chi connectivity index (χ1) is 4.75. The van der Waals surface area contributed by atoms with Gasteiger partial charge in [0.05, 0.1) is 0 Å². The minimum Gasteiger partial charge on any atom is -0.411 e. The van der Waals surface area contributed by atoms with Crippen LogP contribution in [0.5, 0.6) is 0 Å². The van der Waals surface area contributed by atoms with E-state index in [0.717, 1.165) is 0 Å². The van der Waals surface area contributed by atoms with Crippen LogP contribution in [0.3, 0.4) is 0 Å². The highest BCUT2D eigenvalue weighted by Crippen LogP contribution is 1.95. The Labute approximate surface area is 58.8 Å². The van der Waals surface area contributed by atoms with Gasteiger partial charge >= 0.3 is 0 Å². The minimum absolute atomic E-state index is 0.521. The van der Waals surface area contributed by atoms with Crippen molar-refractivity contribution >= 4 is 5.71 Å². The molecule has 54 valence electrons. The smallest absolute Gasteiger partial charge is 0.157 e. The lowest BCUT2D eigenvalue weighted by Gasteiger charge is -1.96. The average molecular weight is 139 g/mol. The molecule has 0 saturated carbocycles. The second-order valence-electron chi connectivity index (χ2n) is 2.05. The van der Waals surface area contributed by atoms with E-state index < -0.39 is 0 Å². The molecule has 0 aliphatic carbocycles. The van der Waals surface area contributed by atoms with Crippen molar-refractivity contribution in [3.05, 3.63) is 18.2 Å². The van der Waals surface area contributed by atoms with Gasteiger partial charge in [0.2, 0.25) is 0 Å². The average Bonchev–Trinajstić information content (AvgIpc) is 2.34. The van der Waals surface area contributed by atoms with E-state index in [4.69, 9.17) is 5.21 Å². The molecule has 0 aliphatic heterocycles. The Morgan fingerprint density at radius 2 is 2.50 bits per heavy atom. The van der Waals surface area contributed by atoms with E-state index >= 15 is 0 Å². The van der Waals surface area contributed by atoms with Gasteiger partial charge < -0.3 is 9.77 Å². The van der Waals surface area contributed by atoms with Crippen molar-refractivity contribution in [2.75, 3.05) is 0 Å². The first-order valence-corrected chi connectivity index (χ1v) is 2.92. The highest BCUT2D eigenvalue weighted by Gasteiger charge is 2.01. The van der Waals surface area contributed by atoms with Crippen molar-refractivity contribution in [1.82, 2.24) is 9.55 Å². The van der Waals surface area contributed by atoms with Crippen LogP contribution >= 0.6 is 0 Å². The monoisotopic (exact) mass is 139 g/mol. The van der Waals surface area contributed by atoms with Crippen LogP contribution in [0.1, 0.15) is 12.7 Å². The van der Waals surface area contributed by atoms with Crippen molar-refractivity contribution in [2.45, 2.75) is 6.92 Å². The number of aryl methyl sites for hydroxylation is 1. The highest BCUT2D eigenvalue weighted by molar-refractivity contribution is 5.94. The quantitative estimate of drug-likeness (QED) is 0.352. The van der Waals surface area contributed by atoms with Gasteiger partial charge in [0, 0.05) is 19.4 Å². The van der Waals surface area contributed by atoms with Gasteiger partial charge in [0.25, 0.3) is 0 Å². The largest absolute Gasteiger partial charge is 0.411 e. The van der Waals surface area contributed by atoms with Gasteiger partial charge in [-0.05, 0) is 6.92 Å². The molecule has 0 aromatic carbocycles. The van der Waals surface area contributed by atoms with Crippen molar-refractivity contribution in [3.8, 4) is 0 Å². The third-order valence-electron chi connectivity index (χ3n) is 1.29. The highest BCUT2D eigenvalue weighted by atomic mass is 16.4. The summed E-state index contributed by atoms with van der Waals surface area (Å²) in [5, 5.41) is 11.4. The molecule has 0 aliphatic rings. The fraction of sp³-hybridized carbons (Fsp3) is 0.333. The van der Waals surface area contributed by atoms with Crippen LogP contribution in [0.2, 0.25) is 0 Å². The normalized spacial score (nSPS) is 12.0. The zero-order chi connectivity index (χ0) is 7.56. The number of aromatic nitrogens is 2. The zero-order valence-corrected chi connectivity index (χ0v) is 5.94. The van der Waals surface area contributed by atoms with Gasteiger partial charge in [-0.1, -0.05) is 5.16 Å². The molecule has 0 fully saturated rings. The SMILES string of the molecule is CC(=NO)c1nccn1C. The van der Waals surface area contributed by atoms with Gasteiger partial charge in [-0.2, -0.15) is 0 Å². The van der Waals surface area contributed by atoms with E-state index in [1.807, 2.05) is 7.05 Å². The lowest BCUT2D eigenvalue weighted by Crippen LogP contribution is -2.03. The Hall–Kier alpha value is -1.32. The fourth-order valence-corrected chi connectivity index (χ4v) is 0.759. The van der Waals surface area contributed by atoms with Crippen LogP contribution in [-0.4, -0.2) is 20.5 Å². The van der Waals surface area contributed by atoms with Crippen LogP contribution in [-0.2, 0) is 7.05 Å². The van der Waals surface area contributed by atoms with E-state index in [9.17, 15) is 0 Å². The predicted molar refractivity (Wildman–Crippen MR) is 37.2 cm³/mol. The van der Waals surface area contributed by atoms with E-state index in [-0.39, 0.29) is 0 Å². The lowest BCUT2D eigenvalue weighted by molar-refractivity contribution is 0.318. The van der Waals surface area contributed by atoms with Gasteiger partial charge in [0.15, 0.2) is 5.82 Å². The molecule has 1 aromatic heterocycles. The van der Waals surface area contributed by atoms with Crippen LogP contribution in [0.25, 0.3) is 0 Å². The molecule has 0 amide bonds. The molecule has 1 rings (SSSR count). The fourth-order valence-electron chi connectivity index (χ4n) is 0.759. The molecule has 4 nitrogen and oxygen atoms in total. The third kappa shape index (κ3) is 1.00. The Morgan fingerprint density at radius 3 is 2.90 bits per heavy atom. The van der Waals surface area contributed by atoms with Crippen molar-refractivity contribution in [3.63, 3.8) is 0 Å². The summed E-state index contributed by atoms with van der Waals surface area (Å²) in [6.45, 7) is 1.70. The molecule has 0 atom stereocenters. The summed E-state index contributed by atoms with van der Waals surface area (Å²) in [5.41, 5.74) is 0.521. The van der Waals surface area contributed by atoms with Gasteiger partial charge in [-0.3, -0.25) is 0 Å². The first kappa shape index (κ1) is 6.80. The van der Waals surface area contributed by atoms with E-state index in [2.05, 4.69) is 10.1 Å². The molecule has 10 heavy (non-hydrogen) atoms. The molecule has 1 heterocycles. The molecule has 1 aromatic rings. The number of hydrogen-bond acceptors (Lipinski definition) is 3. The van der Waals surface area contributed by atoms with Gasteiger partial charge in [-0.25, -0.2) is 4.98 Å². The summed E-state index contributed by atoms with van der Waals surface area (Å²) >= 11 is 0. The molecule has 4 heteroatoms. The Morgan fingerprint density at radius 1 is 1.80 bits per heavy atom. The second-order valence-corrected chi connectivity index (χ2v) is 2.05. The number of imidazole rings is 1. The zero-order valence-electron chi connectivity index (χ0n) is 5.94. The number of nitrogens with zero attached hydrogens (tertiary/aromatic N) is 3. The van der Waals surface area contributed by atoms with Crippen LogP contribution in [0.4, 0.5) is 0 Å². The van der Waals surface area contributed by atoms with Gasteiger partial charge in [0.1, 0.15) is 5.71 Å². The number of oxime groups is 1. The maximum Gasteiger partial charge on any atom is 0.157 e. The summed E-state index contributed by atoms with van der Waals surface area (Å²) in [7, 11) is 1.84. The second kappa shape index (κ2) is 2.51. The molecule has 1 N–H and O–H groups in total. The number of rotatable bonds is 1. The Bertz CT molecular complexity index is 251. The minimum atomic E-state index is 0.521. The van der Waals surface area contributed by atoms with Crippen molar-refractivity contribution in [1.29, 1.82) is 0 Å². The summed E-state index contributed by atoms with van der Waals surface area (Å²) in [4.78, 5) is 3.96. The summed E-state index contributed by atoms with van der Waals surface area (Å²) in [5.74, 6) is 0.683. The third-order valence-corrected chi connectivity index (χ3v) is 1.29. The summed E-state index contributed by atoms with van der Waals surface area (Å²) in [6.07, 6.45) is 3.45. The van der Waals surface area contributed by atoms with Crippen LogP contribution < -0.4 is 0 Å². The topological polar surface area (TPSA) is 50.4 Å². The molecule has 0 unspecified atom stereocenters. The van der Waals surface area contributed by atoms with E-state index in [0.29, 0.717) is 11.5 Å². The standard InChI is InChI=1S/C6H9N3O/c1-5(8-10)6-7-3-4-9(6)2/h3-4,10H,1-2H3. The van der Waals surface area contributed by atoms with Gasteiger partial charge in [-0.15, -0.1) is 0 Å². The van der Waals surface area contributed by atoms with Crippen LogP contribution in [0.15, 0.2) is 17.5 Å². The van der Waals surface area contributed by atoms with E-state index in [1.165, 1.54) is 0 Å². The maximum absolute atomic E-state index is 8.37. The van der Waals surface area contributed by atoms with Crippen molar-refractivity contribution in [2.24, 2.45) is 12.2 Å². The van der Waals surface area contributed by atoms with Crippen molar-refractivity contribution < 1.29 is 5.21 Å². The molecular formula is C6H9N3O. The molecule has 0 radical (unpaired) electrons. The van der Waals surface area contributed by atoms with Crippen LogP contribution in [0, 0.1) is 0 Å².